The van der Waals surface area contributed by atoms with Gasteiger partial charge in [0.25, 0.3) is 0 Å². The Balaban J connectivity index is 2.64. The molecule has 0 aromatic heterocycles. The number of carbonyl (C=O) groups excluding carboxylic acids is 2. The van der Waals surface area contributed by atoms with Gasteiger partial charge in [0.05, 0.1) is 19.3 Å². The van der Waals surface area contributed by atoms with Crippen LogP contribution in [0.15, 0.2) is 23.3 Å². The van der Waals surface area contributed by atoms with Crippen molar-refractivity contribution in [3.05, 3.63) is 23.3 Å². The standard InChI is InChI=1S/C24H42O5Si2/c1-15(2)31(16(3)4,17(5)6)28-21-14-12-18-20(25)13-11-19(24(26)27-7)22(21)23(18)29-30(8,9)10/h11-12,15-17,21-23H,13-14H2,1-10H3/t21-,22+,23-/m0/s1. The van der Waals surface area contributed by atoms with Gasteiger partial charge in [-0.1, -0.05) is 53.7 Å². The van der Waals surface area contributed by atoms with Crippen LogP contribution in [0.1, 0.15) is 54.4 Å². The minimum Gasteiger partial charge on any atom is -0.466 e. The molecular formula is C24H42O5Si2. The van der Waals surface area contributed by atoms with Gasteiger partial charge in [-0.3, -0.25) is 4.79 Å². The quantitative estimate of drug-likeness (QED) is 0.335. The predicted molar refractivity (Wildman–Crippen MR) is 130 cm³/mol. The lowest BCUT2D eigenvalue weighted by atomic mass is 9.79. The van der Waals surface area contributed by atoms with E-state index in [1.807, 2.05) is 6.08 Å². The SMILES string of the molecule is COC(=O)C1=CCC(=O)C2=CC[C@H](O[Si](C(C)C)(C(C)C)C(C)C)[C@@H]1[C@H]2O[Si](C)(C)C. The number of methoxy groups -OCH3 is 1. The summed E-state index contributed by atoms with van der Waals surface area (Å²) in [6.07, 6.45) is 3.93. The van der Waals surface area contributed by atoms with Gasteiger partial charge in [0.15, 0.2) is 14.1 Å². The molecule has 31 heavy (non-hydrogen) atoms. The van der Waals surface area contributed by atoms with E-state index in [0.717, 1.165) is 0 Å². The monoisotopic (exact) mass is 466 g/mol. The Morgan fingerprint density at radius 1 is 0.968 bits per heavy atom. The third-order valence-electron chi connectivity index (χ3n) is 6.76. The fourth-order valence-electron chi connectivity index (χ4n) is 5.63. The third-order valence-corrected chi connectivity index (χ3v) is 13.8. The molecule has 0 saturated heterocycles. The van der Waals surface area contributed by atoms with Crippen LogP contribution in [0.4, 0.5) is 0 Å². The molecule has 2 aliphatic carbocycles. The molecule has 0 spiro atoms. The van der Waals surface area contributed by atoms with Crippen molar-refractivity contribution in [3.63, 3.8) is 0 Å². The highest BCUT2D eigenvalue weighted by Crippen LogP contribution is 2.47. The van der Waals surface area contributed by atoms with Crippen LogP contribution in [0.25, 0.3) is 0 Å². The number of hydrogen-bond donors (Lipinski definition) is 0. The van der Waals surface area contributed by atoms with Crippen molar-refractivity contribution >= 4 is 28.4 Å². The number of carbonyl (C=O) groups is 2. The molecule has 0 N–H and O–H groups in total. The Hall–Kier alpha value is -1.03. The Bertz CT molecular complexity index is 724. The number of fused-ring (bicyclic) bond motifs is 2. The molecule has 2 rings (SSSR count). The van der Waals surface area contributed by atoms with E-state index in [2.05, 4.69) is 61.2 Å². The molecule has 0 aromatic carbocycles. The average molecular weight is 467 g/mol. The van der Waals surface area contributed by atoms with E-state index in [4.69, 9.17) is 13.6 Å². The van der Waals surface area contributed by atoms with Crippen LogP contribution in [0.2, 0.25) is 36.3 Å². The van der Waals surface area contributed by atoms with Crippen LogP contribution < -0.4 is 0 Å². The topological polar surface area (TPSA) is 61.8 Å². The summed E-state index contributed by atoms with van der Waals surface area (Å²) >= 11 is 0. The van der Waals surface area contributed by atoms with E-state index in [1.54, 1.807) is 6.08 Å². The summed E-state index contributed by atoms with van der Waals surface area (Å²) in [5.74, 6) is -0.677. The summed E-state index contributed by atoms with van der Waals surface area (Å²) in [5, 5.41) is 0. The normalized spacial score (nSPS) is 24.9. The summed E-state index contributed by atoms with van der Waals surface area (Å²) in [7, 11) is -2.81. The molecule has 7 heteroatoms. The summed E-state index contributed by atoms with van der Waals surface area (Å²) in [5.41, 5.74) is 2.51. The molecule has 2 aliphatic rings. The summed E-state index contributed by atoms with van der Waals surface area (Å²) in [6.45, 7) is 19.9. The lowest BCUT2D eigenvalue weighted by Gasteiger charge is -2.48. The molecule has 0 aliphatic heterocycles. The maximum Gasteiger partial charge on any atom is 0.333 e. The minimum absolute atomic E-state index is 0.0330. The third kappa shape index (κ3) is 5.32. The molecule has 0 saturated carbocycles. The number of esters is 1. The maximum atomic E-state index is 12.9. The van der Waals surface area contributed by atoms with E-state index in [1.165, 1.54) is 7.11 Å². The molecule has 5 nitrogen and oxygen atoms in total. The molecule has 2 bridgehead atoms. The lowest BCUT2D eigenvalue weighted by molar-refractivity contribution is -0.138. The first kappa shape index (κ1) is 26.2. The van der Waals surface area contributed by atoms with Gasteiger partial charge in [0, 0.05) is 23.5 Å². The van der Waals surface area contributed by atoms with Crippen LogP contribution in [0.5, 0.6) is 0 Å². The molecule has 0 amide bonds. The molecule has 0 aromatic rings. The van der Waals surface area contributed by atoms with Crippen LogP contribution >= 0.6 is 0 Å². The average Bonchev–Trinajstić information content (AvgIpc) is 2.72. The minimum atomic E-state index is -2.20. The molecule has 0 fully saturated rings. The summed E-state index contributed by atoms with van der Waals surface area (Å²) in [4.78, 5) is 25.8. The lowest BCUT2D eigenvalue weighted by Crippen LogP contribution is -2.55. The first-order valence-corrected chi connectivity index (χ1v) is 17.2. The smallest absolute Gasteiger partial charge is 0.333 e. The van der Waals surface area contributed by atoms with Crippen LogP contribution in [-0.4, -0.2) is 47.7 Å². The largest absolute Gasteiger partial charge is 0.466 e. The van der Waals surface area contributed by atoms with Crippen LogP contribution in [-0.2, 0) is 23.2 Å². The van der Waals surface area contributed by atoms with Crippen molar-refractivity contribution in [2.45, 2.75) is 103 Å². The van der Waals surface area contributed by atoms with Gasteiger partial charge in [-0.25, -0.2) is 4.79 Å². The van der Waals surface area contributed by atoms with Crippen LogP contribution in [0, 0.1) is 5.92 Å². The van der Waals surface area contributed by atoms with Gasteiger partial charge in [-0.05, 0) is 42.7 Å². The van der Waals surface area contributed by atoms with Crippen molar-refractivity contribution in [3.8, 4) is 0 Å². The number of ether oxygens (including phenoxy) is 1. The number of Topliss-reactive ketones (excluding diaryl/α,β-unsaturated/α-hetero) is 1. The first-order chi connectivity index (χ1) is 14.3. The van der Waals surface area contributed by atoms with E-state index >= 15 is 0 Å². The van der Waals surface area contributed by atoms with Gasteiger partial charge < -0.3 is 13.6 Å². The zero-order valence-corrected chi connectivity index (χ0v) is 23.1. The molecule has 0 heterocycles. The number of ketones is 1. The van der Waals surface area contributed by atoms with Gasteiger partial charge in [0.1, 0.15) is 0 Å². The van der Waals surface area contributed by atoms with E-state index in [9.17, 15) is 9.59 Å². The van der Waals surface area contributed by atoms with Crippen molar-refractivity contribution in [2.75, 3.05) is 7.11 Å². The Morgan fingerprint density at radius 3 is 1.97 bits per heavy atom. The van der Waals surface area contributed by atoms with E-state index in [-0.39, 0.29) is 30.2 Å². The zero-order chi connectivity index (χ0) is 23.7. The molecule has 0 unspecified atom stereocenters. The van der Waals surface area contributed by atoms with Crippen molar-refractivity contribution in [1.82, 2.24) is 0 Å². The van der Waals surface area contributed by atoms with Gasteiger partial charge >= 0.3 is 5.97 Å². The highest BCUT2D eigenvalue weighted by atomic mass is 28.4. The maximum absolute atomic E-state index is 12.9. The second-order valence-electron chi connectivity index (χ2n) is 10.8. The van der Waals surface area contributed by atoms with Gasteiger partial charge in [-0.15, -0.1) is 0 Å². The number of rotatable bonds is 8. The van der Waals surface area contributed by atoms with Crippen molar-refractivity contribution < 1.29 is 23.2 Å². The molecule has 0 radical (unpaired) electrons. The predicted octanol–water partition coefficient (Wildman–Crippen LogP) is 5.79. The van der Waals surface area contributed by atoms with Crippen molar-refractivity contribution in [1.29, 1.82) is 0 Å². The summed E-state index contributed by atoms with van der Waals surface area (Å²) < 4.78 is 18.9. The summed E-state index contributed by atoms with van der Waals surface area (Å²) in [6, 6.07) is 0. The highest BCUT2D eigenvalue weighted by Gasteiger charge is 2.52. The number of allylic oxidation sites excluding steroid dienone is 1. The zero-order valence-electron chi connectivity index (χ0n) is 21.1. The van der Waals surface area contributed by atoms with E-state index in [0.29, 0.717) is 34.2 Å². The molecular weight excluding hydrogens is 424 g/mol. The fraction of sp³-hybridized carbons (Fsp3) is 0.750. The Labute approximate surface area is 190 Å². The van der Waals surface area contributed by atoms with Gasteiger partial charge in [0.2, 0.25) is 8.32 Å². The fourth-order valence-corrected chi connectivity index (χ4v) is 12.3. The Morgan fingerprint density at radius 2 is 1.52 bits per heavy atom. The Kier molecular flexibility index (Phi) is 8.33. The second-order valence-corrected chi connectivity index (χ2v) is 20.7. The van der Waals surface area contributed by atoms with Crippen LogP contribution in [0.3, 0.4) is 0 Å². The van der Waals surface area contributed by atoms with Gasteiger partial charge in [-0.2, -0.15) is 0 Å². The van der Waals surface area contributed by atoms with Crippen molar-refractivity contribution in [2.24, 2.45) is 5.92 Å². The molecule has 3 atom stereocenters. The first-order valence-electron chi connectivity index (χ1n) is 11.6. The molecule has 176 valence electrons. The number of hydrogen-bond acceptors (Lipinski definition) is 5. The highest BCUT2D eigenvalue weighted by molar-refractivity contribution is 6.77. The van der Waals surface area contributed by atoms with E-state index < -0.39 is 22.7 Å². The second kappa shape index (κ2) is 9.85.